The molecule has 0 spiro atoms. The highest BCUT2D eigenvalue weighted by molar-refractivity contribution is 5.92. The van der Waals surface area contributed by atoms with Crippen molar-refractivity contribution >= 4 is 11.6 Å². The number of carbonyl (C=O) groups excluding carboxylic acids is 1. The molecule has 0 saturated carbocycles. The van der Waals surface area contributed by atoms with E-state index >= 15 is 0 Å². The summed E-state index contributed by atoms with van der Waals surface area (Å²) < 4.78 is 1.90. The summed E-state index contributed by atoms with van der Waals surface area (Å²) in [6.45, 7) is 2.37. The molecular weight excluding hydrogens is 252 g/mol. The molecule has 0 aliphatic rings. The van der Waals surface area contributed by atoms with Crippen molar-refractivity contribution in [1.29, 1.82) is 0 Å². The standard InChI is InChI=1S/C15H14N4O/c1-11-5-4-7-14-18-13(10-19(11)14)15(20)17-9-12-6-2-3-8-16-12/h2-8,10H,9H2,1H3,(H,17,20). The summed E-state index contributed by atoms with van der Waals surface area (Å²) in [5.74, 6) is -0.196. The maximum Gasteiger partial charge on any atom is 0.271 e. The normalized spacial score (nSPS) is 10.7. The minimum Gasteiger partial charge on any atom is -0.345 e. The first kappa shape index (κ1) is 12.3. The van der Waals surface area contributed by atoms with E-state index in [9.17, 15) is 4.79 Å². The van der Waals surface area contributed by atoms with Crippen molar-refractivity contribution in [2.24, 2.45) is 0 Å². The fraction of sp³-hybridized carbons (Fsp3) is 0.133. The number of fused-ring (bicyclic) bond motifs is 1. The molecule has 3 aromatic rings. The molecule has 1 amide bonds. The summed E-state index contributed by atoms with van der Waals surface area (Å²) in [5.41, 5.74) is 3.04. The Bertz CT molecular complexity index is 749. The zero-order chi connectivity index (χ0) is 13.9. The van der Waals surface area contributed by atoms with Gasteiger partial charge in [0.1, 0.15) is 11.3 Å². The summed E-state index contributed by atoms with van der Waals surface area (Å²) in [4.78, 5) is 20.6. The highest BCUT2D eigenvalue weighted by Crippen LogP contribution is 2.08. The second-order valence-electron chi connectivity index (χ2n) is 4.53. The van der Waals surface area contributed by atoms with Gasteiger partial charge in [-0.3, -0.25) is 9.78 Å². The molecule has 100 valence electrons. The van der Waals surface area contributed by atoms with Gasteiger partial charge in [-0.05, 0) is 31.2 Å². The Morgan fingerprint density at radius 1 is 1.25 bits per heavy atom. The maximum absolute atomic E-state index is 12.1. The summed E-state index contributed by atoms with van der Waals surface area (Å²) >= 11 is 0. The van der Waals surface area contributed by atoms with Crippen LogP contribution in [0.4, 0.5) is 0 Å². The topological polar surface area (TPSA) is 59.3 Å². The van der Waals surface area contributed by atoms with Crippen LogP contribution in [0.3, 0.4) is 0 Å². The second kappa shape index (κ2) is 5.13. The zero-order valence-corrected chi connectivity index (χ0v) is 11.1. The van der Waals surface area contributed by atoms with Gasteiger partial charge >= 0.3 is 0 Å². The molecule has 0 unspecified atom stereocenters. The predicted molar refractivity (Wildman–Crippen MR) is 75.3 cm³/mol. The molecule has 5 heteroatoms. The number of hydrogen-bond donors (Lipinski definition) is 1. The number of carbonyl (C=O) groups is 1. The van der Waals surface area contributed by atoms with Crippen molar-refractivity contribution in [3.05, 3.63) is 65.9 Å². The van der Waals surface area contributed by atoms with Gasteiger partial charge in [-0.1, -0.05) is 12.1 Å². The van der Waals surface area contributed by atoms with Crippen molar-refractivity contribution in [3.63, 3.8) is 0 Å². The SMILES string of the molecule is Cc1cccc2nc(C(=O)NCc3ccccn3)cn12. The Kier molecular flexibility index (Phi) is 3.16. The Balaban J connectivity index is 1.77. The number of amides is 1. The smallest absolute Gasteiger partial charge is 0.271 e. The van der Waals surface area contributed by atoms with Crippen LogP contribution in [0.15, 0.2) is 48.8 Å². The van der Waals surface area contributed by atoms with Crippen LogP contribution in [-0.4, -0.2) is 20.3 Å². The molecule has 0 aromatic carbocycles. The third-order valence-electron chi connectivity index (χ3n) is 3.08. The molecule has 0 bridgehead atoms. The molecule has 1 N–H and O–H groups in total. The van der Waals surface area contributed by atoms with Crippen molar-refractivity contribution in [1.82, 2.24) is 19.7 Å². The number of aryl methyl sites for hydroxylation is 1. The minimum atomic E-state index is -0.196. The average molecular weight is 266 g/mol. The first-order valence-electron chi connectivity index (χ1n) is 6.37. The van der Waals surface area contributed by atoms with E-state index in [1.54, 1.807) is 12.4 Å². The van der Waals surface area contributed by atoms with Gasteiger partial charge in [0.2, 0.25) is 0 Å². The van der Waals surface area contributed by atoms with E-state index in [4.69, 9.17) is 0 Å². The van der Waals surface area contributed by atoms with E-state index in [2.05, 4.69) is 15.3 Å². The van der Waals surface area contributed by atoms with Gasteiger partial charge in [-0.15, -0.1) is 0 Å². The van der Waals surface area contributed by atoms with Gasteiger partial charge in [0, 0.05) is 18.1 Å². The fourth-order valence-electron chi connectivity index (χ4n) is 2.02. The van der Waals surface area contributed by atoms with Crippen LogP contribution < -0.4 is 5.32 Å². The molecule has 3 rings (SSSR count). The summed E-state index contributed by atoms with van der Waals surface area (Å²) in [7, 11) is 0. The van der Waals surface area contributed by atoms with Crippen LogP contribution in [0.5, 0.6) is 0 Å². The Morgan fingerprint density at radius 2 is 2.15 bits per heavy atom. The molecule has 3 heterocycles. The number of pyridine rings is 2. The number of hydrogen-bond acceptors (Lipinski definition) is 3. The van der Waals surface area contributed by atoms with Crippen LogP contribution >= 0.6 is 0 Å². The van der Waals surface area contributed by atoms with Gasteiger partial charge in [-0.25, -0.2) is 4.98 Å². The molecular formula is C15H14N4O. The Labute approximate surface area is 116 Å². The predicted octanol–water partition coefficient (Wildman–Crippen LogP) is 1.97. The summed E-state index contributed by atoms with van der Waals surface area (Å²) in [6.07, 6.45) is 3.45. The van der Waals surface area contributed by atoms with E-state index in [-0.39, 0.29) is 5.91 Å². The van der Waals surface area contributed by atoms with Crippen molar-refractivity contribution in [2.75, 3.05) is 0 Å². The monoisotopic (exact) mass is 266 g/mol. The first-order valence-corrected chi connectivity index (χ1v) is 6.37. The lowest BCUT2D eigenvalue weighted by Crippen LogP contribution is -2.23. The van der Waals surface area contributed by atoms with E-state index < -0.39 is 0 Å². The van der Waals surface area contributed by atoms with Gasteiger partial charge in [0.25, 0.3) is 5.91 Å². The molecule has 0 fully saturated rings. The number of nitrogens with zero attached hydrogens (tertiary/aromatic N) is 3. The van der Waals surface area contributed by atoms with Crippen LogP contribution in [0.1, 0.15) is 21.9 Å². The number of nitrogens with one attached hydrogen (secondary N) is 1. The van der Waals surface area contributed by atoms with Crippen LogP contribution in [0.2, 0.25) is 0 Å². The first-order chi connectivity index (χ1) is 9.74. The molecule has 0 aliphatic carbocycles. The van der Waals surface area contributed by atoms with Crippen LogP contribution in [-0.2, 0) is 6.54 Å². The molecule has 5 nitrogen and oxygen atoms in total. The number of rotatable bonds is 3. The number of imidazole rings is 1. The quantitative estimate of drug-likeness (QED) is 0.788. The van der Waals surface area contributed by atoms with Crippen molar-refractivity contribution in [2.45, 2.75) is 13.5 Å². The second-order valence-corrected chi connectivity index (χ2v) is 4.53. The van der Waals surface area contributed by atoms with Gasteiger partial charge in [0.15, 0.2) is 0 Å². The lowest BCUT2D eigenvalue weighted by molar-refractivity contribution is 0.0946. The largest absolute Gasteiger partial charge is 0.345 e. The maximum atomic E-state index is 12.1. The molecule has 3 aromatic heterocycles. The van der Waals surface area contributed by atoms with Gasteiger partial charge in [0.05, 0.1) is 12.2 Å². The Hall–Kier alpha value is -2.69. The zero-order valence-electron chi connectivity index (χ0n) is 11.1. The van der Waals surface area contributed by atoms with Crippen LogP contribution in [0, 0.1) is 6.92 Å². The molecule has 0 aliphatic heterocycles. The molecule has 20 heavy (non-hydrogen) atoms. The van der Waals surface area contributed by atoms with E-state index in [0.717, 1.165) is 17.0 Å². The lowest BCUT2D eigenvalue weighted by atomic mass is 10.3. The highest BCUT2D eigenvalue weighted by Gasteiger charge is 2.11. The van der Waals surface area contributed by atoms with Crippen molar-refractivity contribution in [3.8, 4) is 0 Å². The van der Waals surface area contributed by atoms with Gasteiger partial charge < -0.3 is 9.72 Å². The highest BCUT2D eigenvalue weighted by atomic mass is 16.1. The lowest BCUT2D eigenvalue weighted by Gasteiger charge is -2.01. The van der Waals surface area contributed by atoms with Crippen molar-refractivity contribution < 1.29 is 4.79 Å². The molecule has 0 saturated heterocycles. The average Bonchev–Trinajstić information content (AvgIpc) is 2.91. The Morgan fingerprint density at radius 3 is 2.90 bits per heavy atom. The van der Waals surface area contributed by atoms with E-state index in [1.165, 1.54) is 0 Å². The minimum absolute atomic E-state index is 0.196. The fourth-order valence-corrected chi connectivity index (χ4v) is 2.02. The summed E-state index contributed by atoms with van der Waals surface area (Å²) in [6, 6.07) is 11.4. The molecule has 0 radical (unpaired) electrons. The van der Waals surface area contributed by atoms with E-state index in [1.807, 2.05) is 47.7 Å². The number of aromatic nitrogens is 3. The van der Waals surface area contributed by atoms with Gasteiger partial charge in [-0.2, -0.15) is 0 Å². The summed E-state index contributed by atoms with van der Waals surface area (Å²) in [5, 5.41) is 2.82. The third kappa shape index (κ3) is 2.38. The van der Waals surface area contributed by atoms with E-state index in [0.29, 0.717) is 12.2 Å². The van der Waals surface area contributed by atoms with Crippen LogP contribution in [0.25, 0.3) is 5.65 Å². The molecule has 0 atom stereocenters. The third-order valence-corrected chi connectivity index (χ3v) is 3.08.